The highest BCUT2D eigenvalue weighted by molar-refractivity contribution is 5.78. The molecule has 1 aliphatic carbocycles. The van der Waals surface area contributed by atoms with Gasteiger partial charge in [-0.1, -0.05) is 12.1 Å². The maximum absolute atomic E-state index is 13.1. The van der Waals surface area contributed by atoms with Crippen molar-refractivity contribution in [1.29, 1.82) is 0 Å². The Kier molecular flexibility index (Phi) is 3.74. The molecule has 6 rings (SSSR count). The molecule has 2 fully saturated rings. The zero-order chi connectivity index (χ0) is 20.5. The van der Waals surface area contributed by atoms with Crippen LogP contribution >= 0.6 is 0 Å². The predicted molar refractivity (Wildman–Crippen MR) is 108 cm³/mol. The number of rotatable bonds is 2. The number of hydrogen-bond acceptors (Lipinski definition) is 6. The summed E-state index contributed by atoms with van der Waals surface area (Å²) in [6.45, 7) is 1.66. The number of ether oxygens (including phenoxy) is 1. The first-order chi connectivity index (χ1) is 14.5. The monoisotopic (exact) mass is 407 g/mol. The van der Waals surface area contributed by atoms with Gasteiger partial charge in [0.1, 0.15) is 6.10 Å². The van der Waals surface area contributed by atoms with Crippen molar-refractivity contribution >= 4 is 5.91 Å². The molecule has 7 nitrogen and oxygen atoms in total. The maximum Gasteiger partial charge on any atom is 0.228 e. The molecule has 156 valence electrons. The Labute approximate surface area is 174 Å². The fourth-order valence-electron chi connectivity index (χ4n) is 6.36. The van der Waals surface area contributed by atoms with E-state index in [0.717, 1.165) is 29.8 Å². The molecule has 0 saturated carbocycles. The first-order valence-electron chi connectivity index (χ1n) is 10.7. The molecule has 7 heteroatoms. The first-order valence-corrected chi connectivity index (χ1v) is 10.7. The summed E-state index contributed by atoms with van der Waals surface area (Å²) in [6.07, 6.45) is 3.42. The van der Waals surface area contributed by atoms with Gasteiger partial charge in [-0.25, -0.2) is 0 Å². The van der Waals surface area contributed by atoms with Gasteiger partial charge in [-0.3, -0.25) is 9.78 Å². The molecule has 4 aliphatic rings. The molecule has 30 heavy (non-hydrogen) atoms. The molecule has 1 amide bonds. The van der Waals surface area contributed by atoms with Crippen molar-refractivity contribution in [1.82, 2.24) is 15.2 Å². The molecule has 0 unspecified atom stereocenters. The van der Waals surface area contributed by atoms with E-state index in [0.29, 0.717) is 31.7 Å². The third-order valence-corrected chi connectivity index (χ3v) is 7.72. The third-order valence-electron chi connectivity index (χ3n) is 7.72. The molecule has 4 atom stereocenters. The number of phenolic OH excluding ortho intramolecular Hbond substituents is 1. The lowest BCUT2D eigenvalue weighted by Gasteiger charge is -2.57. The number of nitrogens with zero attached hydrogens (tertiary/aromatic N) is 2. The number of likely N-dealkylation sites (tertiary alicyclic amines) is 1. The van der Waals surface area contributed by atoms with E-state index >= 15 is 0 Å². The molecule has 4 heterocycles. The van der Waals surface area contributed by atoms with Gasteiger partial charge >= 0.3 is 0 Å². The van der Waals surface area contributed by atoms with Gasteiger partial charge in [-0.15, -0.1) is 0 Å². The summed E-state index contributed by atoms with van der Waals surface area (Å²) < 4.78 is 6.34. The first kappa shape index (κ1) is 18.2. The van der Waals surface area contributed by atoms with E-state index in [4.69, 9.17) is 4.74 Å². The number of piperidine rings is 1. The van der Waals surface area contributed by atoms with Crippen molar-refractivity contribution in [3.8, 4) is 11.5 Å². The summed E-state index contributed by atoms with van der Waals surface area (Å²) in [5.41, 5.74) is 1.19. The molecule has 1 aromatic heterocycles. The molecule has 2 bridgehead atoms. The molecule has 0 radical (unpaired) electrons. The van der Waals surface area contributed by atoms with Crippen LogP contribution in [0.2, 0.25) is 0 Å². The number of hydrogen-bond donors (Lipinski definition) is 3. The van der Waals surface area contributed by atoms with Gasteiger partial charge < -0.3 is 25.2 Å². The van der Waals surface area contributed by atoms with Crippen molar-refractivity contribution in [2.45, 2.75) is 48.8 Å². The third kappa shape index (κ3) is 2.22. The van der Waals surface area contributed by atoms with Crippen LogP contribution < -0.4 is 10.1 Å². The lowest BCUT2D eigenvalue weighted by atomic mass is 9.53. The van der Waals surface area contributed by atoms with Crippen LogP contribution in [0.1, 0.15) is 29.7 Å². The molecular formula is C23H25N3O4. The standard InChI is InChI=1S/C23H25N3O4/c27-16-5-4-14-11-17-23(29)7-10-26(19(28)12-15-3-1-2-8-24-15)13-18-22(23,6-9-25-17)20(14)21(16)30-18/h1-5,8,17-18,25,27,29H,6-7,9-13H2/t17-,18+,22-,23-/m1/s1. The Morgan fingerprint density at radius 2 is 2.20 bits per heavy atom. The Morgan fingerprint density at radius 1 is 1.30 bits per heavy atom. The fraction of sp³-hybridized carbons (Fsp3) is 0.478. The van der Waals surface area contributed by atoms with Gasteiger partial charge in [0.15, 0.2) is 11.5 Å². The summed E-state index contributed by atoms with van der Waals surface area (Å²) >= 11 is 0. The van der Waals surface area contributed by atoms with E-state index in [1.165, 1.54) is 0 Å². The van der Waals surface area contributed by atoms with Gasteiger partial charge in [0.05, 0.1) is 24.0 Å². The Bertz CT molecular complexity index is 1030. The average molecular weight is 407 g/mol. The second kappa shape index (κ2) is 6.18. The Balaban J connectivity index is 1.41. The normalized spacial score (nSPS) is 33.4. The number of phenols is 1. The number of nitrogens with one attached hydrogen (secondary N) is 1. The number of aromatic nitrogens is 1. The van der Waals surface area contributed by atoms with Crippen LogP contribution in [0.5, 0.6) is 11.5 Å². The number of amides is 1. The van der Waals surface area contributed by atoms with E-state index in [-0.39, 0.29) is 30.2 Å². The topological polar surface area (TPSA) is 94.9 Å². The largest absolute Gasteiger partial charge is 0.504 e. The van der Waals surface area contributed by atoms with Gasteiger partial charge in [0.2, 0.25) is 5.91 Å². The zero-order valence-electron chi connectivity index (χ0n) is 16.7. The SMILES string of the molecule is O=C(Cc1ccccn1)N1CC[C@@]2(O)[C@H]3Cc4ccc(O)c5c4[C@@]2(CCN3)[C@H](C1)O5. The van der Waals surface area contributed by atoms with E-state index in [9.17, 15) is 15.0 Å². The number of aromatic hydroxyl groups is 1. The lowest BCUT2D eigenvalue weighted by molar-refractivity contribution is -0.131. The predicted octanol–water partition coefficient (Wildman–Crippen LogP) is 0.910. The molecule has 1 aromatic carbocycles. The van der Waals surface area contributed by atoms with Crippen molar-refractivity contribution < 1.29 is 19.7 Å². The van der Waals surface area contributed by atoms with Gasteiger partial charge in [-0.05, 0) is 49.6 Å². The van der Waals surface area contributed by atoms with Crippen molar-refractivity contribution in [2.24, 2.45) is 0 Å². The number of carbonyl (C=O) groups excluding carboxylic acids is 1. The van der Waals surface area contributed by atoms with Gasteiger partial charge in [0.25, 0.3) is 0 Å². The Morgan fingerprint density at radius 3 is 3.03 bits per heavy atom. The van der Waals surface area contributed by atoms with Crippen LogP contribution in [0.4, 0.5) is 0 Å². The van der Waals surface area contributed by atoms with Crippen LogP contribution in [0.25, 0.3) is 0 Å². The molecule has 3 aliphatic heterocycles. The highest BCUT2D eigenvalue weighted by Crippen LogP contribution is 2.62. The summed E-state index contributed by atoms with van der Waals surface area (Å²) in [5.74, 6) is 0.594. The highest BCUT2D eigenvalue weighted by Gasteiger charge is 2.69. The van der Waals surface area contributed by atoms with Gasteiger partial charge in [-0.2, -0.15) is 0 Å². The fourth-order valence-corrected chi connectivity index (χ4v) is 6.36. The highest BCUT2D eigenvalue weighted by atomic mass is 16.5. The van der Waals surface area contributed by atoms with E-state index < -0.39 is 11.0 Å². The Hall–Kier alpha value is -2.64. The molecular weight excluding hydrogens is 382 g/mol. The van der Waals surface area contributed by atoms with Crippen molar-refractivity contribution in [3.05, 3.63) is 53.3 Å². The minimum atomic E-state index is -1.03. The lowest BCUT2D eigenvalue weighted by Crippen LogP contribution is -2.73. The summed E-state index contributed by atoms with van der Waals surface area (Å²) in [6, 6.07) is 9.11. The number of carbonyl (C=O) groups is 1. The zero-order valence-corrected chi connectivity index (χ0v) is 16.7. The number of pyridine rings is 1. The number of aliphatic hydroxyl groups is 1. The molecule has 3 N–H and O–H groups in total. The van der Waals surface area contributed by atoms with Crippen LogP contribution in [-0.2, 0) is 23.1 Å². The van der Waals surface area contributed by atoms with Crippen molar-refractivity contribution in [2.75, 3.05) is 19.6 Å². The smallest absolute Gasteiger partial charge is 0.228 e. The van der Waals surface area contributed by atoms with E-state index in [1.54, 1.807) is 12.3 Å². The summed E-state index contributed by atoms with van der Waals surface area (Å²) in [5, 5.41) is 26.1. The summed E-state index contributed by atoms with van der Waals surface area (Å²) in [4.78, 5) is 19.2. The molecule has 2 saturated heterocycles. The minimum absolute atomic E-state index is 0.0149. The average Bonchev–Trinajstić information content (AvgIpc) is 2.98. The number of benzene rings is 1. The van der Waals surface area contributed by atoms with Crippen LogP contribution in [0, 0.1) is 0 Å². The van der Waals surface area contributed by atoms with Crippen LogP contribution in [0.3, 0.4) is 0 Å². The van der Waals surface area contributed by atoms with Crippen LogP contribution in [-0.4, -0.2) is 63.4 Å². The van der Waals surface area contributed by atoms with Gasteiger partial charge in [0, 0.05) is 30.0 Å². The molecule has 1 spiro atoms. The second-order valence-corrected chi connectivity index (χ2v) is 9.00. The van der Waals surface area contributed by atoms with E-state index in [2.05, 4.69) is 10.3 Å². The minimum Gasteiger partial charge on any atom is -0.504 e. The maximum atomic E-state index is 13.1. The van der Waals surface area contributed by atoms with Crippen LogP contribution in [0.15, 0.2) is 36.5 Å². The summed E-state index contributed by atoms with van der Waals surface area (Å²) in [7, 11) is 0. The van der Waals surface area contributed by atoms with E-state index in [1.807, 2.05) is 29.2 Å². The second-order valence-electron chi connectivity index (χ2n) is 9.00. The van der Waals surface area contributed by atoms with Crippen molar-refractivity contribution in [3.63, 3.8) is 0 Å². The quantitative estimate of drug-likeness (QED) is 0.685. The molecule has 2 aromatic rings.